The van der Waals surface area contributed by atoms with Gasteiger partial charge in [0.15, 0.2) is 0 Å². The van der Waals surface area contributed by atoms with Crippen LogP contribution in [-0.4, -0.2) is 15.2 Å². The number of aromatic amines is 1. The molecule has 1 N–H and O–H groups in total. The van der Waals surface area contributed by atoms with E-state index in [0.29, 0.717) is 11.1 Å². The Bertz CT molecular complexity index is 1180. The molecule has 0 aliphatic carbocycles. The fourth-order valence-corrected chi connectivity index (χ4v) is 2.76. The highest BCUT2D eigenvalue weighted by Gasteiger charge is 2.30. The SMILES string of the molecule is O=c1[nH]c2ccccc2cc1Cc1nnc(-c2cccc(C(F)(F)F)c2)o1. The van der Waals surface area contributed by atoms with E-state index in [-0.39, 0.29) is 29.3 Å². The lowest BCUT2D eigenvalue weighted by Gasteiger charge is -2.06. The molecule has 136 valence electrons. The molecule has 0 fully saturated rings. The number of nitrogens with zero attached hydrogens (tertiary/aromatic N) is 2. The number of pyridine rings is 1. The van der Waals surface area contributed by atoms with Crippen molar-refractivity contribution in [3.63, 3.8) is 0 Å². The third-order valence-electron chi connectivity index (χ3n) is 4.08. The number of nitrogens with one attached hydrogen (secondary N) is 1. The number of halogens is 3. The molecule has 8 heteroatoms. The first kappa shape index (κ1) is 17.0. The summed E-state index contributed by atoms with van der Waals surface area (Å²) < 4.78 is 44.0. The van der Waals surface area contributed by atoms with Gasteiger partial charge >= 0.3 is 6.18 Å². The summed E-state index contributed by atoms with van der Waals surface area (Å²) in [4.78, 5) is 15.0. The highest BCUT2D eigenvalue weighted by Crippen LogP contribution is 2.31. The van der Waals surface area contributed by atoms with Crippen molar-refractivity contribution < 1.29 is 17.6 Å². The number of rotatable bonds is 3. The van der Waals surface area contributed by atoms with Gasteiger partial charge in [-0.2, -0.15) is 13.2 Å². The Balaban J connectivity index is 1.64. The molecule has 0 aliphatic heterocycles. The average molecular weight is 371 g/mol. The van der Waals surface area contributed by atoms with Gasteiger partial charge in [-0.25, -0.2) is 0 Å². The van der Waals surface area contributed by atoms with E-state index in [2.05, 4.69) is 15.2 Å². The Morgan fingerprint density at radius 2 is 1.81 bits per heavy atom. The van der Waals surface area contributed by atoms with Crippen molar-refractivity contribution in [3.05, 3.63) is 82.0 Å². The Morgan fingerprint density at radius 3 is 2.63 bits per heavy atom. The highest BCUT2D eigenvalue weighted by atomic mass is 19.4. The van der Waals surface area contributed by atoms with Gasteiger partial charge in [0.1, 0.15) is 0 Å². The van der Waals surface area contributed by atoms with E-state index in [0.717, 1.165) is 17.5 Å². The first-order valence-corrected chi connectivity index (χ1v) is 8.01. The summed E-state index contributed by atoms with van der Waals surface area (Å²) in [5.41, 5.74) is 0.212. The van der Waals surface area contributed by atoms with Crippen molar-refractivity contribution in [2.45, 2.75) is 12.6 Å². The second-order valence-electron chi connectivity index (χ2n) is 5.97. The summed E-state index contributed by atoms with van der Waals surface area (Å²) in [6.07, 6.45) is -4.39. The number of para-hydroxylation sites is 1. The van der Waals surface area contributed by atoms with Crippen molar-refractivity contribution >= 4 is 10.9 Å². The Hall–Kier alpha value is -3.42. The lowest BCUT2D eigenvalue weighted by atomic mass is 10.1. The van der Waals surface area contributed by atoms with Crippen molar-refractivity contribution in [1.82, 2.24) is 15.2 Å². The van der Waals surface area contributed by atoms with E-state index >= 15 is 0 Å². The van der Waals surface area contributed by atoms with Crippen molar-refractivity contribution in [1.29, 1.82) is 0 Å². The summed E-state index contributed by atoms with van der Waals surface area (Å²) in [6.45, 7) is 0. The summed E-state index contributed by atoms with van der Waals surface area (Å²) in [7, 11) is 0. The third-order valence-corrected chi connectivity index (χ3v) is 4.08. The topological polar surface area (TPSA) is 71.8 Å². The molecule has 0 saturated heterocycles. The van der Waals surface area contributed by atoms with Crippen molar-refractivity contribution in [2.24, 2.45) is 0 Å². The van der Waals surface area contributed by atoms with Gasteiger partial charge in [0.05, 0.1) is 12.0 Å². The van der Waals surface area contributed by atoms with Crippen LogP contribution in [0, 0.1) is 0 Å². The first-order chi connectivity index (χ1) is 12.9. The summed E-state index contributed by atoms with van der Waals surface area (Å²) in [5.74, 6) is 0.108. The molecule has 27 heavy (non-hydrogen) atoms. The van der Waals surface area contributed by atoms with Gasteiger partial charge in [0.25, 0.3) is 5.56 Å². The molecule has 0 aliphatic rings. The molecule has 4 rings (SSSR count). The lowest BCUT2D eigenvalue weighted by Crippen LogP contribution is -2.12. The monoisotopic (exact) mass is 371 g/mol. The number of H-pyrrole nitrogens is 1. The predicted molar refractivity (Wildman–Crippen MR) is 92.1 cm³/mol. The molecule has 0 radical (unpaired) electrons. The zero-order valence-corrected chi connectivity index (χ0v) is 13.7. The molecule has 0 atom stereocenters. The van der Waals surface area contributed by atoms with E-state index in [9.17, 15) is 18.0 Å². The van der Waals surface area contributed by atoms with E-state index < -0.39 is 11.7 Å². The van der Waals surface area contributed by atoms with E-state index in [1.165, 1.54) is 12.1 Å². The van der Waals surface area contributed by atoms with Crippen molar-refractivity contribution in [3.8, 4) is 11.5 Å². The van der Waals surface area contributed by atoms with Crippen molar-refractivity contribution in [2.75, 3.05) is 0 Å². The highest BCUT2D eigenvalue weighted by molar-refractivity contribution is 5.78. The van der Waals surface area contributed by atoms with Gasteiger partial charge in [-0.15, -0.1) is 10.2 Å². The number of hydrogen-bond donors (Lipinski definition) is 1. The quantitative estimate of drug-likeness (QED) is 0.586. The second-order valence-corrected chi connectivity index (χ2v) is 5.97. The second kappa shape index (κ2) is 6.39. The van der Waals surface area contributed by atoms with Crippen LogP contribution in [0.5, 0.6) is 0 Å². The first-order valence-electron chi connectivity index (χ1n) is 8.01. The fraction of sp³-hybridized carbons (Fsp3) is 0.105. The molecular formula is C19H12F3N3O2. The van der Waals surface area contributed by atoms with Gasteiger partial charge in [0.2, 0.25) is 11.8 Å². The Morgan fingerprint density at radius 1 is 1.00 bits per heavy atom. The van der Waals surface area contributed by atoms with Gasteiger partial charge in [-0.1, -0.05) is 24.3 Å². The van der Waals surface area contributed by atoms with Crippen LogP contribution in [-0.2, 0) is 12.6 Å². The number of alkyl halides is 3. The molecule has 0 unspecified atom stereocenters. The molecule has 5 nitrogen and oxygen atoms in total. The van der Waals surface area contributed by atoms with Crippen LogP contribution >= 0.6 is 0 Å². The molecule has 0 spiro atoms. The van der Waals surface area contributed by atoms with E-state index in [1.807, 2.05) is 18.2 Å². The molecule has 4 aromatic rings. The number of hydrogen-bond acceptors (Lipinski definition) is 4. The Kier molecular flexibility index (Phi) is 4.02. The third kappa shape index (κ3) is 3.46. The zero-order chi connectivity index (χ0) is 19.0. The molecule has 2 heterocycles. The Labute approximate surface area is 150 Å². The smallest absolute Gasteiger partial charge is 0.416 e. The zero-order valence-electron chi connectivity index (χ0n) is 13.7. The van der Waals surface area contributed by atoms with Crippen LogP contribution in [0.25, 0.3) is 22.4 Å². The molecule has 2 aromatic carbocycles. The maximum Gasteiger partial charge on any atom is 0.416 e. The largest absolute Gasteiger partial charge is 0.420 e. The molecule has 0 amide bonds. The molecule has 0 bridgehead atoms. The van der Waals surface area contributed by atoms with E-state index in [4.69, 9.17) is 4.42 Å². The molecular weight excluding hydrogens is 359 g/mol. The summed E-state index contributed by atoms with van der Waals surface area (Å²) in [6, 6.07) is 13.7. The van der Waals surface area contributed by atoms with Crippen LogP contribution in [0.15, 0.2) is 63.8 Å². The average Bonchev–Trinajstić information content (AvgIpc) is 3.10. The van der Waals surface area contributed by atoms with Gasteiger partial charge < -0.3 is 9.40 Å². The standard InChI is InChI=1S/C19H12F3N3O2/c20-19(21,22)14-6-3-5-12(9-14)18-25-24-16(27-18)10-13-8-11-4-1-2-7-15(11)23-17(13)26/h1-9H,10H2,(H,23,26). The van der Waals surface area contributed by atoms with Crippen LogP contribution in [0.2, 0.25) is 0 Å². The minimum atomic E-state index is -4.46. The van der Waals surface area contributed by atoms with Gasteiger partial charge in [-0.3, -0.25) is 4.79 Å². The van der Waals surface area contributed by atoms with Crippen LogP contribution in [0.3, 0.4) is 0 Å². The van der Waals surface area contributed by atoms with Gasteiger partial charge in [-0.05, 0) is 35.7 Å². The fourth-order valence-electron chi connectivity index (χ4n) is 2.76. The number of aromatic nitrogens is 3. The minimum absolute atomic E-state index is 0.0340. The maximum atomic E-state index is 12.8. The maximum absolute atomic E-state index is 12.8. The lowest BCUT2D eigenvalue weighted by molar-refractivity contribution is -0.137. The number of benzene rings is 2. The summed E-state index contributed by atoms with van der Waals surface area (Å²) in [5, 5.41) is 8.50. The molecule has 2 aromatic heterocycles. The van der Waals surface area contributed by atoms with Crippen LogP contribution in [0.1, 0.15) is 17.0 Å². The normalized spacial score (nSPS) is 11.8. The molecule has 0 saturated carbocycles. The summed E-state index contributed by atoms with van der Waals surface area (Å²) >= 11 is 0. The van der Waals surface area contributed by atoms with E-state index in [1.54, 1.807) is 12.1 Å². The number of fused-ring (bicyclic) bond motifs is 1. The minimum Gasteiger partial charge on any atom is -0.420 e. The van der Waals surface area contributed by atoms with Gasteiger partial charge in [0, 0.05) is 16.6 Å². The predicted octanol–water partition coefficient (Wildman–Crippen LogP) is 4.19. The van der Waals surface area contributed by atoms with Crippen LogP contribution < -0.4 is 5.56 Å². The van der Waals surface area contributed by atoms with Crippen LogP contribution in [0.4, 0.5) is 13.2 Å².